The first-order valence-electron chi connectivity index (χ1n) is 8.02. The van der Waals surface area contributed by atoms with Crippen LogP contribution in [0.3, 0.4) is 0 Å². The summed E-state index contributed by atoms with van der Waals surface area (Å²) in [6, 6.07) is 5.04. The number of rotatable bonds is 6. The summed E-state index contributed by atoms with van der Waals surface area (Å²) in [6.07, 6.45) is 4.61. The zero-order chi connectivity index (χ0) is 16.1. The maximum absolute atomic E-state index is 12.6. The third-order valence-electron chi connectivity index (χ3n) is 4.42. The molecule has 4 heteroatoms. The van der Waals surface area contributed by atoms with Crippen molar-refractivity contribution in [2.45, 2.75) is 51.6 Å². The zero-order valence-corrected chi connectivity index (χ0v) is 13.3. The number of hydrogen-bond acceptors (Lipinski definition) is 4. The van der Waals surface area contributed by atoms with E-state index in [1.54, 1.807) is 18.2 Å². The van der Waals surface area contributed by atoms with E-state index in [1.165, 1.54) is 7.11 Å². The van der Waals surface area contributed by atoms with Crippen molar-refractivity contribution in [3.63, 3.8) is 0 Å². The van der Waals surface area contributed by atoms with E-state index in [0.29, 0.717) is 30.4 Å². The Hall–Kier alpha value is -1.68. The lowest BCUT2D eigenvalue weighted by Crippen LogP contribution is -2.32. The van der Waals surface area contributed by atoms with Gasteiger partial charge in [0.1, 0.15) is 0 Å². The fraction of sp³-hybridized carbons (Fsp3) is 0.556. The number of Topliss-reactive ketones (excluding diaryl/α,β-unsaturated/α-hetero) is 1. The van der Waals surface area contributed by atoms with E-state index in [0.717, 1.165) is 24.8 Å². The molecule has 1 aliphatic carbocycles. The molecule has 1 aromatic rings. The normalized spacial score (nSPS) is 18.7. The minimum Gasteiger partial charge on any atom is -0.465 e. The zero-order valence-electron chi connectivity index (χ0n) is 13.3. The Kier molecular flexibility index (Phi) is 5.72. The number of carbonyl (C=O) groups is 2. The fourth-order valence-electron chi connectivity index (χ4n) is 3.10. The number of aliphatic hydroxyl groups is 1. The average Bonchev–Trinajstić information content (AvgIpc) is 2.54. The molecule has 0 radical (unpaired) electrons. The Morgan fingerprint density at radius 3 is 2.86 bits per heavy atom. The molecule has 4 nitrogen and oxygen atoms in total. The van der Waals surface area contributed by atoms with Gasteiger partial charge in [0.15, 0.2) is 5.78 Å². The fourth-order valence-corrected chi connectivity index (χ4v) is 3.10. The van der Waals surface area contributed by atoms with E-state index < -0.39 is 12.1 Å². The Morgan fingerprint density at radius 1 is 1.41 bits per heavy atom. The van der Waals surface area contributed by atoms with Crippen LogP contribution in [0.5, 0.6) is 0 Å². The number of benzene rings is 1. The highest BCUT2D eigenvalue weighted by Crippen LogP contribution is 2.30. The molecule has 0 amide bonds. The van der Waals surface area contributed by atoms with Gasteiger partial charge in [-0.05, 0) is 37.0 Å². The summed E-state index contributed by atoms with van der Waals surface area (Å²) in [5, 5.41) is 10.3. The first kappa shape index (κ1) is 16.7. The standard InChI is InChI=1S/C18H24O4/c1-3-4-5-6-16(19)15-10-7-12-11-13(18(21)22-2)8-9-14(12)17(15)20/h8-9,11,15-16,19H,3-7,10H2,1-2H3. The van der Waals surface area contributed by atoms with Crippen molar-refractivity contribution in [3.05, 3.63) is 34.9 Å². The highest BCUT2D eigenvalue weighted by atomic mass is 16.5. The van der Waals surface area contributed by atoms with Crippen molar-refractivity contribution in [1.82, 2.24) is 0 Å². The molecule has 0 heterocycles. The van der Waals surface area contributed by atoms with Crippen molar-refractivity contribution in [2.24, 2.45) is 5.92 Å². The van der Waals surface area contributed by atoms with Crippen LogP contribution in [-0.4, -0.2) is 30.1 Å². The van der Waals surface area contributed by atoms with Crippen LogP contribution in [-0.2, 0) is 11.2 Å². The van der Waals surface area contributed by atoms with E-state index in [1.807, 2.05) is 0 Å². The van der Waals surface area contributed by atoms with Crippen molar-refractivity contribution in [1.29, 1.82) is 0 Å². The summed E-state index contributed by atoms with van der Waals surface area (Å²) in [4.78, 5) is 24.1. The number of aliphatic hydroxyl groups excluding tert-OH is 1. The van der Waals surface area contributed by atoms with E-state index >= 15 is 0 Å². The minimum atomic E-state index is -0.563. The number of ether oxygens (including phenoxy) is 1. The van der Waals surface area contributed by atoms with E-state index in [4.69, 9.17) is 4.74 Å². The Morgan fingerprint density at radius 2 is 2.18 bits per heavy atom. The van der Waals surface area contributed by atoms with Crippen LogP contribution in [0.2, 0.25) is 0 Å². The molecule has 0 saturated heterocycles. The molecule has 1 aliphatic rings. The first-order valence-corrected chi connectivity index (χ1v) is 8.02. The topological polar surface area (TPSA) is 63.6 Å². The number of methoxy groups -OCH3 is 1. The first-order chi connectivity index (χ1) is 10.6. The number of fused-ring (bicyclic) bond motifs is 1. The van der Waals surface area contributed by atoms with Crippen LogP contribution < -0.4 is 0 Å². The Labute approximate surface area is 131 Å². The summed E-state index contributed by atoms with van der Waals surface area (Å²) >= 11 is 0. The van der Waals surface area contributed by atoms with Crippen LogP contribution in [0.15, 0.2) is 18.2 Å². The van der Waals surface area contributed by atoms with Crippen molar-refractivity contribution >= 4 is 11.8 Å². The average molecular weight is 304 g/mol. The molecule has 120 valence electrons. The molecule has 0 aliphatic heterocycles. The van der Waals surface area contributed by atoms with Crippen LogP contribution in [0.25, 0.3) is 0 Å². The SMILES string of the molecule is CCCCCC(O)C1CCc2cc(C(=O)OC)ccc2C1=O. The minimum absolute atomic E-state index is 0.00154. The van der Waals surface area contributed by atoms with Gasteiger partial charge in [0.2, 0.25) is 0 Å². The molecule has 2 unspecified atom stereocenters. The van der Waals surface area contributed by atoms with Gasteiger partial charge in [-0.1, -0.05) is 32.3 Å². The second-order valence-electron chi connectivity index (χ2n) is 5.94. The number of esters is 1. The molecule has 0 bridgehead atoms. The van der Waals surface area contributed by atoms with Gasteiger partial charge in [0, 0.05) is 11.5 Å². The van der Waals surface area contributed by atoms with Gasteiger partial charge in [-0.25, -0.2) is 4.79 Å². The summed E-state index contributed by atoms with van der Waals surface area (Å²) in [7, 11) is 1.34. The number of aryl methyl sites for hydroxylation is 1. The third kappa shape index (κ3) is 3.55. The van der Waals surface area contributed by atoms with Crippen molar-refractivity contribution < 1.29 is 19.4 Å². The van der Waals surface area contributed by atoms with Crippen LogP contribution in [0.1, 0.15) is 65.3 Å². The third-order valence-corrected chi connectivity index (χ3v) is 4.42. The maximum Gasteiger partial charge on any atom is 0.337 e. The Balaban J connectivity index is 2.11. The van der Waals surface area contributed by atoms with E-state index in [2.05, 4.69) is 6.92 Å². The molecule has 2 atom stereocenters. The van der Waals surface area contributed by atoms with Gasteiger partial charge >= 0.3 is 5.97 Å². The predicted molar refractivity (Wildman–Crippen MR) is 84.1 cm³/mol. The van der Waals surface area contributed by atoms with Gasteiger partial charge < -0.3 is 9.84 Å². The van der Waals surface area contributed by atoms with Gasteiger partial charge in [-0.2, -0.15) is 0 Å². The number of carbonyl (C=O) groups excluding carboxylic acids is 2. The van der Waals surface area contributed by atoms with Gasteiger partial charge in [-0.15, -0.1) is 0 Å². The summed E-state index contributed by atoms with van der Waals surface area (Å²) in [5.41, 5.74) is 1.99. The van der Waals surface area contributed by atoms with Crippen LogP contribution in [0.4, 0.5) is 0 Å². The second-order valence-corrected chi connectivity index (χ2v) is 5.94. The molecule has 0 fully saturated rings. The molecule has 2 rings (SSSR count). The monoisotopic (exact) mass is 304 g/mol. The molecule has 0 spiro atoms. The smallest absolute Gasteiger partial charge is 0.337 e. The lowest BCUT2D eigenvalue weighted by molar-refractivity contribution is 0.0585. The van der Waals surface area contributed by atoms with Gasteiger partial charge in [0.25, 0.3) is 0 Å². The van der Waals surface area contributed by atoms with Gasteiger partial charge in [-0.3, -0.25) is 4.79 Å². The Bertz CT molecular complexity index is 550. The van der Waals surface area contributed by atoms with Crippen LogP contribution >= 0.6 is 0 Å². The lowest BCUT2D eigenvalue weighted by atomic mass is 9.78. The lowest BCUT2D eigenvalue weighted by Gasteiger charge is -2.27. The largest absolute Gasteiger partial charge is 0.465 e. The summed E-state index contributed by atoms with van der Waals surface area (Å²) in [5.74, 6) is -0.702. The van der Waals surface area contributed by atoms with E-state index in [-0.39, 0.29) is 11.7 Å². The second kappa shape index (κ2) is 7.54. The maximum atomic E-state index is 12.6. The van der Waals surface area contributed by atoms with Crippen LogP contribution in [0, 0.1) is 5.92 Å². The molecule has 22 heavy (non-hydrogen) atoms. The number of ketones is 1. The van der Waals surface area contributed by atoms with E-state index in [9.17, 15) is 14.7 Å². The van der Waals surface area contributed by atoms with Gasteiger partial charge in [0.05, 0.1) is 18.8 Å². The van der Waals surface area contributed by atoms with Crippen molar-refractivity contribution in [2.75, 3.05) is 7.11 Å². The molecular weight excluding hydrogens is 280 g/mol. The predicted octanol–water partition coefficient (Wildman–Crippen LogP) is 3.16. The molecule has 1 N–H and O–H groups in total. The summed E-state index contributed by atoms with van der Waals surface area (Å²) in [6.45, 7) is 2.12. The van der Waals surface area contributed by atoms with Crippen molar-refractivity contribution in [3.8, 4) is 0 Å². The highest BCUT2D eigenvalue weighted by molar-refractivity contribution is 6.01. The number of hydrogen-bond donors (Lipinski definition) is 1. The molecule has 0 aromatic heterocycles. The summed E-state index contributed by atoms with van der Waals surface area (Å²) < 4.78 is 4.70. The molecular formula is C18H24O4. The highest BCUT2D eigenvalue weighted by Gasteiger charge is 2.32. The molecule has 1 aromatic carbocycles. The number of unbranched alkanes of at least 4 members (excludes halogenated alkanes) is 2. The molecule has 0 saturated carbocycles. The quantitative estimate of drug-likeness (QED) is 0.647.